The molecule has 21 heavy (non-hydrogen) atoms. The van der Waals surface area contributed by atoms with Crippen LogP contribution in [0.1, 0.15) is 27.8 Å². The zero-order chi connectivity index (χ0) is 14.8. The molecule has 7 heteroatoms. The van der Waals surface area contributed by atoms with E-state index in [1.807, 2.05) is 12.1 Å². The van der Waals surface area contributed by atoms with Gasteiger partial charge in [-0.3, -0.25) is 0 Å². The van der Waals surface area contributed by atoms with Gasteiger partial charge >= 0.3 is 5.97 Å². The molecule has 3 rings (SSSR count). The van der Waals surface area contributed by atoms with Gasteiger partial charge in [0.15, 0.2) is 5.82 Å². The molecule has 0 atom stereocenters. The summed E-state index contributed by atoms with van der Waals surface area (Å²) in [4.78, 5) is 15.3. The number of rotatable bonds is 5. The van der Waals surface area contributed by atoms with Crippen molar-refractivity contribution < 1.29 is 18.8 Å². The van der Waals surface area contributed by atoms with E-state index in [0.717, 1.165) is 5.39 Å². The van der Waals surface area contributed by atoms with Crippen molar-refractivity contribution in [1.29, 1.82) is 0 Å². The van der Waals surface area contributed by atoms with E-state index < -0.39 is 5.97 Å². The van der Waals surface area contributed by atoms with Gasteiger partial charge in [0, 0.05) is 24.4 Å². The third kappa shape index (κ3) is 2.63. The maximum atomic E-state index is 11.3. The highest BCUT2D eigenvalue weighted by Crippen LogP contribution is 2.25. The average Bonchev–Trinajstić information content (AvgIpc) is 3.03. The Morgan fingerprint density at radius 1 is 1.33 bits per heavy atom. The van der Waals surface area contributed by atoms with Crippen LogP contribution in [0.3, 0.4) is 0 Å². The molecule has 1 aromatic carbocycles. The van der Waals surface area contributed by atoms with Crippen molar-refractivity contribution in [2.24, 2.45) is 0 Å². The predicted molar refractivity (Wildman–Crippen MR) is 72.8 cm³/mol. The molecule has 2 aromatic heterocycles. The van der Waals surface area contributed by atoms with Crippen LogP contribution >= 0.6 is 0 Å². The number of aromatic carboxylic acids is 1. The van der Waals surface area contributed by atoms with E-state index in [1.165, 1.54) is 0 Å². The maximum absolute atomic E-state index is 11.3. The van der Waals surface area contributed by atoms with Crippen LogP contribution in [0.5, 0.6) is 0 Å². The molecule has 0 spiro atoms. The summed E-state index contributed by atoms with van der Waals surface area (Å²) in [5.74, 6) is -0.115. The summed E-state index contributed by atoms with van der Waals surface area (Å²) in [5, 5.41) is 16.9. The van der Waals surface area contributed by atoms with Gasteiger partial charge in [0.2, 0.25) is 11.7 Å². The Labute approximate surface area is 119 Å². The van der Waals surface area contributed by atoms with Gasteiger partial charge in [-0.25, -0.2) is 4.79 Å². The van der Waals surface area contributed by atoms with Gasteiger partial charge in [-0.05, 0) is 6.07 Å². The molecular weight excluding hydrogens is 274 g/mol. The number of para-hydroxylation sites is 1. The lowest BCUT2D eigenvalue weighted by Gasteiger charge is -2.01. The molecule has 2 heterocycles. The average molecular weight is 287 g/mol. The molecule has 0 bridgehead atoms. The number of furan rings is 1. The van der Waals surface area contributed by atoms with Crippen LogP contribution in [0.15, 0.2) is 33.2 Å². The van der Waals surface area contributed by atoms with Gasteiger partial charge in [-0.1, -0.05) is 23.4 Å². The van der Waals surface area contributed by atoms with Crippen molar-refractivity contribution in [2.45, 2.75) is 20.0 Å². The third-order valence-electron chi connectivity index (χ3n) is 3.05. The number of fused-ring (bicyclic) bond motifs is 1. The van der Waals surface area contributed by atoms with Crippen LogP contribution in [0.4, 0.5) is 0 Å². The lowest BCUT2D eigenvalue weighted by molar-refractivity contribution is 0.0663. The van der Waals surface area contributed by atoms with Crippen molar-refractivity contribution in [3.8, 4) is 0 Å². The Kier molecular flexibility index (Phi) is 3.41. The van der Waals surface area contributed by atoms with E-state index in [-0.39, 0.29) is 5.76 Å². The van der Waals surface area contributed by atoms with Gasteiger partial charge in [0.25, 0.3) is 0 Å². The second-order valence-corrected chi connectivity index (χ2v) is 4.54. The minimum atomic E-state index is -1.08. The van der Waals surface area contributed by atoms with Gasteiger partial charge in [0.1, 0.15) is 5.58 Å². The predicted octanol–water partition coefficient (Wildman–Crippen LogP) is 2.11. The highest BCUT2D eigenvalue weighted by Gasteiger charge is 2.19. The number of carboxylic acids is 1. The summed E-state index contributed by atoms with van der Waals surface area (Å²) in [7, 11) is 0. The normalized spacial score (nSPS) is 11.1. The molecular formula is C14H13N3O4. The molecule has 2 N–H and O–H groups in total. The maximum Gasteiger partial charge on any atom is 0.372 e. The van der Waals surface area contributed by atoms with Crippen molar-refractivity contribution in [3.05, 3.63) is 47.3 Å². The van der Waals surface area contributed by atoms with Crippen molar-refractivity contribution in [2.75, 3.05) is 0 Å². The lowest BCUT2D eigenvalue weighted by Crippen LogP contribution is -2.15. The van der Waals surface area contributed by atoms with Crippen LogP contribution in [-0.2, 0) is 13.1 Å². The van der Waals surface area contributed by atoms with Gasteiger partial charge in [0.05, 0.1) is 6.54 Å². The summed E-state index contributed by atoms with van der Waals surface area (Å²) in [6, 6.07) is 7.22. The van der Waals surface area contributed by atoms with Gasteiger partial charge in [-0.15, -0.1) is 0 Å². The zero-order valence-corrected chi connectivity index (χ0v) is 11.3. The Balaban J connectivity index is 1.82. The second-order valence-electron chi connectivity index (χ2n) is 4.54. The van der Waals surface area contributed by atoms with Crippen LogP contribution < -0.4 is 5.32 Å². The molecule has 7 nitrogen and oxygen atoms in total. The lowest BCUT2D eigenvalue weighted by atomic mass is 10.1. The molecule has 0 aliphatic rings. The molecule has 3 aromatic rings. The molecule has 0 fully saturated rings. The van der Waals surface area contributed by atoms with Gasteiger partial charge in [-0.2, -0.15) is 4.98 Å². The zero-order valence-electron chi connectivity index (χ0n) is 11.3. The minimum absolute atomic E-state index is 0.0482. The number of nitrogens with one attached hydrogen (secondary N) is 1. The fourth-order valence-electron chi connectivity index (χ4n) is 2.16. The highest BCUT2D eigenvalue weighted by atomic mass is 16.5. The summed E-state index contributed by atoms with van der Waals surface area (Å²) in [6.45, 7) is 2.44. The largest absolute Gasteiger partial charge is 0.475 e. The standard InChI is InChI=1S/C14H13N3O4/c1-8-16-12(17-21-8)7-15-6-10-9-4-2-3-5-11(9)20-13(10)14(18)19/h2-5,15H,6-7H2,1H3,(H,18,19). The molecule has 0 amide bonds. The Morgan fingerprint density at radius 3 is 2.86 bits per heavy atom. The van der Waals surface area contributed by atoms with E-state index in [0.29, 0.717) is 36.0 Å². The first-order valence-electron chi connectivity index (χ1n) is 6.39. The number of aromatic nitrogens is 2. The summed E-state index contributed by atoms with van der Waals surface area (Å²) < 4.78 is 10.2. The van der Waals surface area contributed by atoms with Gasteiger partial charge < -0.3 is 19.4 Å². The second kappa shape index (κ2) is 5.37. The first-order valence-corrected chi connectivity index (χ1v) is 6.39. The third-order valence-corrected chi connectivity index (χ3v) is 3.05. The SMILES string of the molecule is Cc1nc(CNCc2c(C(=O)O)oc3ccccc23)no1. The Morgan fingerprint density at radius 2 is 2.14 bits per heavy atom. The molecule has 0 aliphatic heterocycles. The van der Waals surface area contributed by atoms with E-state index >= 15 is 0 Å². The number of hydrogen-bond donors (Lipinski definition) is 2. The monoisotopic (exact) mass is 287 g/mol. The summed E-state index contributed by atoms with van der Waals surface area (Å²) in [5.41, 5.74) is 1.17. The topological polar surface area (TPSA) is 101 Å². The molecule has 0 saturated heterocycles. The fraction of sp³-hybridized carbons (Fsp3) is 0.214. The van der Waals surface area contributed by atoms with Crippen LogP contribution in [-0.4, -0.2) is 21.2 Å². The van der Waals surface area contributed by atoms with Crippen LogP contribution in [0.25, 0.3) is 11.0 Å². The molecule has 0 radical (unpaired) electrons. The van der Waals surface area contributed by atoms with Crippen LogP contribution in [0, 0.1) is 6.92 Å². The highest BCUT2D eigenvalue weighted by molar-refractivity contribution is 5.95. The number of nitrogens with zero attached hydrogens (tertiary/aromatic N) is 2. The van der Waals surface area contributed by atoms with Crippen molar-refractivity contribution >= 4 is 16.9 Å². The first-order chi connectivity index (χ1) is 10.1. The van der Waals surface area contributed by atoms with E-state index in [4.69, 9.17) is 8.94 Å². The number of carbonyl (C=O) groups is 1. The smallest absolute Gasteiger partial charge is 0.372 e. The molecule has 0 unspecified atom stereocenters. The number of carboxylic acid groups (broad SMARTS) is 1. The summed E-state index contributed by atoms with van der Waals surface area (Å²) in [6.07, 6.45) is 0. The van der Waals surface area contributed by atoms with Crippen molar-refractivity contribution in [3.63, 3.8) is 0 Å². The number of hydrogen-bond acceptors (Lipinski definition) is 6. The first kappa shape index (κ1) is 13.3. The minimum Gasteiger partial charge on any atom is -0.475 e. The van der Waals surface area contributed by atoms with E-state index in [9.17, 15) is 9.90 Å². The molecule has 108 valence electrons. The molecule has 0 saturated carbocycles. The quantitative estimate of drug-likeness (QED) is 0.741. The molecule has 0 aliphatic carbocycles. The van der Waals surface area contributed by atoms with E-state index in [2.05, 4.69) is 15.5 Å². The van der Waals surface area contributed by atoms with Crippen molar-refractivity contribution in [1.82, 2.24) is 15.5 Å². The van der Waals surface area contributed by atoms with E-state index in [1.54, 1.807) is 19.1 Å². The Hall–Kier alpha value is -2.67. The number of benzene rings is 1. The fourth-order valence-corrected chi connectivity index (χ4v) is 2.16. The summed E-state index contributed by atoms with van der Waals surface area (Å²) >= 11 is 0. The number of aryl methyl sites for hydroxylation is 1. The van der Waals surface area contributed by atoms with Crippen LogP contribution in [0.2, 0.25) is 0 Å². The Bertz CT molecular complexity index is 790.